The van der Waals surface area contributed by atoms with Crippen LogP contribution in [0.4, 0.5) is 4.79 Å². The van der Waals surface area contributed by atoms with Crippen LogP contribution in [0.25, 0.3) is 0 Å². The van der Waals surface area contributed by atoms with Crippen molar-refractivity contribution in [2.24, 2.45) is 0 Å². The van der Waals surface area contributed by atoms with Crippen molar-refractivity contribution in [3.8, 4) is 5.88 Å². The minimum absolute atomic E-state index is 0.211. The van der Waals surface area contributed by atoms with Crippen molar-refractivity contribution >= 4 is 17.7 Å². The smallest absolute Gasteiger partial charge is 0.409 e. The lowest BCUT2D eigenvalue weighted by molar-refractivity contribution is 0.0781. The number of carbonyl (C=O) groups excluding carboxylic acids is 1. The zero-order valence-corrected chi connectivity index (χ0v) is 13.6. The maximum absolute atomic E-state index is 11.6. The summed E-state index contributed by atoms with van der Waals surface area (Å²) in [6.45, 7) is 6.97. The first kappa shape index (κ1) is 16.8. The van der Waals surface area contributed by atoms with E-state index in [1.165, 1.54) is 0 Å². The number of amides is 1. The highest BCUT2D eigenvalue weighted by molar-refractivity contribution is 6.29. The predicted octanol–water partition coefficient (Wildman–Crippen LogP) is 2.28. The van der Waals surface area contributed by atoms with Gasteiger partial charge in [0.05, 0.1) is 13.2 Å². The van der Waals surface area contributed by atoms with Gasteiger partial charge in [-0.25, -0.2) is 9.78 Å². The van der Waals surface area contributed by atoms with Crippen LogP contribution in [0.5, 0.6) is 5.88 Å². The van der Waals surface area contributed by atoms with Crippen molar-refractivity contribution in [1.29, 1.82) is 0 Å². The fourth-order valence-electron chi connectivity index (χ4n) is 2.30. The largest absolute Gasteiger partial charge is 0.478 e. The molecule has 0 bridgehead atoms. The van der Waals surface area contributed by atoms with Crippen LogP contribution in [-0.4, -0.2) is 66.8 Å². The van der Waals surface area contributed by atoms with Crippen LogP contribution in [0.3, 0.4) is 0 Å². The van der Waals surface area contributed by atoms with E-state index in [1.54, 1.807) is 17.0 Å². The molecule has 1 saturated heterocycles. The number of nitrogens with zero attached hydrogens (tertiary/aromatic N) is 3. The first-order valence-electron chi connectivity index (χ1n) is 7.58. The van der Waals surface area contributed by atoms with Crippen LogP contribution in [-0.2, 0) is 4.74 Å². The van der Waals surface area contributed by atoms with Gasteiger partial charge in [0.2, 0.25) is 5.88 Å². The van der Waals surface area contributed by atoms with E-state index in [-0.39, 0.29) is 6.09 Å². The second-order valence-electron chi connectivity index (χ2n) is 5.03. The molecule has 1 aromatic rings. The highest BCUT2D eigenvalue weighted by atomic mass is 35.5. The van der Waals surface area contributed by atoms with E-state index in [1.807, 2.05) is 13.0 Å². The fraction of sp³-hybridized carbons (Fsp3) is 0.600. The average Bonchev–Trinajstić information content (AvgIpc) is 2.52. The number of carbonyl (C=O) groups is 1. The van der Waals surface area contributed by atoms with E-state index in [2.05, 4.69) is 9.88 Å². The van der Waals surface area contributed by atoms with Crippen molar-refractivity contribution in [3.05, 3.63) is 23.4 Å². The van der Waals surface area contributed by atoms with Gasteiger partial charge in [0, 0.05) is 38.8 Å². The standard InChI is InChI=1S/C15H22ClN3O3/c1-2-21-15(20)19-10-8-18(9-11-19)7-4-12-22-14-6-3-5-13(16)17-14/h3,5-6H,2,4,7-12H2,1H3. The van der Waals surface area contributed by atoms with Gasteiger partial charge in [0.25, 0.3) is 0 Å². The van der Waals surface area contributed by atoms with Gasteiger partial charge in [-0.15, -0.1) is 0 Å². The van der Waals surface area contributed by atoms with Gasteiger partial charge in [0.1, 0.15) is 5.15 Å². The number of aromatic nitrogens is 1. The van der Waals surface area contributed by atoms with E-state index >= 15 is 0 Å². The number of halogens is 1. The van der Waals surface area contributed by atoms with Crippen LogP contribution in [0.15, 0.2) is 18.2 Å². The summed E-state index contributed by atoms with van der Waals surface area (Å²) < 4.78 is 10.6. The summed E-state index contributed by atoms with van der Waals surface area (Å²) in [5.41, 5.74) is 0. The second kappa shape index (κ2) is 8.80. The van der Waals surface area contributed by atoms with E-state index in [0.717, 1.165) is 39.1 Å². The van der Waals surface area contributed by atoms with Gasteiger partial charge < -0.3 is 14.4 Å². The minimum Gasteiger partial charge on any atom is -0.478 e. The summed E-state index contributed by atoms with van der Waals surface area (Å²) in [7, 11) is 0. The number of hydrogen-bond donors (Lipinski definition) is 0. The molecule has 1 fully saturated rings. The van der Waals surface area contributed by atoms with Crippen molar-refractivity contribution in [2.75, 3.05) is 45.9 Å². The third-order valence-electron chi connectivity index (χ3n) is 3.46. The van der Waals surface area contributed by atoms with Crippen LogP contribution in [0.2, 0.25) is 5.15 Å². The van der Waals surface area contributed by atoms with Crippen molar-refractivity contribution < 1.29 is 14.3 Å². The van der Waals surface area contributed by atoms with E-state index < -0.39 is 0 Å². The Labute approximate surface area is 136 Å². The first-order chi connectivity index (χ1) is 10.7. The molecule has 0 saturated carbocycles. The second-order valence-corrected chi connectivity index (χ2v) is 5.42. The highest BCUT2D eigenvalue weighted by Gasteiger charge is 2.21. The molecule has 0 unspecified atom stereocenters. The Hall–Kier alpha value is -1.53. The van der Waals surface area contributed by atoms with E-state index in [4.69, 9.17) is 21.1 Å². The molecule has 22 heavy (non-hydrogen) atoms. The number of pyridine rings is 1. The molecule has 1 aromatic heterocycles. The molecule has 122 valence electrons. The molecule has 0 spiro atoms. The average molecular weight is 328 g/mol. The molecule has 0 aromatic carbocycles. The third kappa shape index (κ3) is 5.35. The summed E-state index contributed by atoms with van der Waals surface area (Å²) in [4.78, 5) is 19.8. The van der Waals surface area contributed by atoms with Crippen LogP contribution >= 0.6 is 11.6 Å². The van der Waals surface area contributed by atoms with Crippen LogP contribution in [0.1, 0.15) is 13.3 Å². The maximum atomic E-state index is 11.6. The Morgan fingerprint density at radius 3 is 2.77 bits per heavy atom. The Bertz CT molecular complexity index is 479. The molecular formula is C15H22ClN3O3. The number of rotatable bonds is 6. The molecule has 1 amide bonds. The Kier molecular flexibility index (Phi) is 6.74. The minimum atomic E-state index is -0.211. The molecule has 0 N–H and O–H groups in total. The van der Waals surface area contributed by atoms with Crippen molar-refractivity contribution in [2.45, 2.75) is 13.3 Å². The highest BCUT2D eigenvalue weighted by Crippen LogP contribution is 2.11. The topological polar surface area (TPSA) is 54.9 Å². The van der Waals surface area contributed by atoms with Gasteiger partial charge in [0.15, 0.2) is 0 Å². The number of hydrogen-bond acceptors (Lipinski definition) is 5. The summed E-state index contributed by atoms with van der Waals surface area (Å²) in [5.74, 6) is 0.555. The first-order valence-corrected chi connectivity index (χ1v) is 7.96. The summed E-state index contributed by atoms with van der Waals surface area (Å²) in [5, 5.41) is 0.438. The summed E-state index contributed by atoms with van der Waals surface area (Å²) >= 11 is 5.80. The van der Waals surface area contributed by atoms with Crippen LogP contribution in [0, 0.1) is 0 Å². The van der Waals surface area contributed by atoms with Crippen molar-refractivity contribution in [1.82, 2.24) is 14.8 Å². The van der Waals surface area contributed by atoms with E-state index in [0.29, 0.717) is 24.2 Å². The summed E-state index contributed by atoms with van der Waals surface area (Å²) in [6, 6.07) is 5.33. The van der Waals surface area contributed by atoms with Gasteiger partial charge in [-0.2, -0.15) is 0 Å². The molecule has 0 radical (unpaired) electrons. The monoisotopic (exact) mass is 327 g/mol. The summed E-state index contributed by atoms with van der Waals surface area (Å²) in [6.07, 6.45) is 0.700. The molecule has 1 aliphatic rings. The molecule has 1 aliphatic heterocycles. The van der Waals surface area contributed by atoms with Gasteiger partial charge in [-0.3, -0.25) is 4.90 Å². The number of piperazine rings is 1. The molecule has 7 heteroatoms. The number of ether oxygens (including phenoxy) is 2. The van der Waals surface area contributed by atoms with Gasteiger partial charge in [-0.1, -0.05) is 17.7 Å². The lowest BCUT2D eigenvalue weighted by atomic mass is 10.3. The molecule has 2 heterocycles. The van der Waals surface area contributed by atoms with Gasteiger partial charge >= 0.3 is 6.09 Å². The molecule has 2 rings (SSSR count). The molecular weight excluding hydrogens is 306 g/mol. The molecule has 0 atom stereocenters. The lowest BCUT2D eigenvalue weighted by Crippen LogP contribution is -2.49. The SMILES string of the molecule is CCOC(=O)N1CCN(CCCOc2cccc(Cl)n2)CC1. The Morgan fingerprint density at radius 2 is 2.09 bits per heavy atom. The van der Waals surface area contributed by atoms with Crippen molar-refractivity contribution in [3.63, 3.8) is 0 Å². The van der Waals surface area contributed by atoms with Crippen LogP contribution < -0.4 is 4.74 Å². The van der Waals surface area contributed by atoms with Gasteiger partial charge in [-0.05, 0) is 19.4 Å². The molecule has 6 nitrogen and oxygen atoms in total. The zero-order valence-electron chi connectivity index (χ0n) is 12.8. The maximum Gasteiger partial charge on any atom is 0.409 e. The lowest BCUT2D eigenvalue weighted by Gasteiger charge is -2.33. The fourth-order valence-corrected chi connectivity index (χ4v) is 2.46. The molecule has 0 aliphatic carbocycles. The normalized spacial score (nSPS) is 15.6. The predicted molar refractivity (Wildman–Crippen MR) is 84.4 cm³/mol. The third-order valence-corrected chi connectivity index (χ3v) is 3.67. The Balaban J connectivity index is 1.60. The van der Waals surface area contributed by atoms with E-state index in [9.17, 15) is 4.79 Å². The Morgan fingerprint density at radius 1 is 1.32 bits per heavy atom. The quantitative estimate of drug-likeness (QED) is 0.592. The zero-order chi connectivity index (χ0) is 15.8.